The van der Waals surface area contributed by atoms with Crippen molar-refractivity contribution in [3.05, 3.63) is 63.0 Å². The molecule has 0 radical (unpaired) electrons. The Hall–Kier alpha value is -2.03. The van der Waals surface area contributed by atoms with E-state index < -0.39 is 5.97 Å². The number of aryl methyl sites for hydroxylation is 1. The summed E-state index contributed by atoms with van der Waals surface area (Å²) in [4.78, 5) is 15.0. The van der Waals surface area contributed by atoms with E-state index in [9.17, 15) is 14.3 Å². The largest absolute Gasteiger partial charge is 0.506 e. The summed E-state index contributed by atoms with van der Waals surface area (Å²) < 4.78 is 21.1. The second-order valence-corrected chi connectivity index (χ2v) is 9.38. The Balaban J connectivity index is 2.08. The molecule has 0 amide bonds. The van der Waals surface area contributed by atoms with Crippen molar-refractivity contribution < 1.29 is 19.0 Å². The lowest BCUT2D eigenvalue weighted by Crippen LogP contribution is -2.13. The average molecular weight is 509 g/mol. The van der Waals surface area contributed by atoms with Gasteiger partial charge >= 0.3 is 5.97 Å². The van der Waals surface area contributed by atoms with Crippen LogP contribution in [0.5, 0.6) is 5.75 Å². The number of phenolic OH excluding ortho intramolecular Hbond substituents is 1. The molecule has 0 saturated heterocycles. The maximum Gasteiger partial charge on any atom is 0.340 e. The zero-order valence-corrected chi connectivity index (χ0v) is 20.4. The fourth-order valence-electron chi connectivity index (χ4n) is 3.59. The van der Waals surface area contributed by atoms with Crippen LogP contribution in [0.2, 0.25) is 0 Å². The lowest BCUT2D eigenvalue weighted by atomic mass is 10.0. The maximum absolute atomic E-state index is 13.2. The van der Waals surface area contributed by atoms with Gasteiger partial charge in [0.1, 0.15) is 11.6 Å². The number of fused-ring (bicyclic) bond motifs is 1. The van der Waals surface area contributed by atoms with E-state index in [1.165, 1.54) is 12.1 Å². The Kier molecular flexibility index (Phi) is 7.67. The molecule has 2 aromatic carbocycles. The topological polar surface area (TPSA) is 54.7 Å². The van der Waals surface area contributed by atoms with Gasteiger partial charge in [0.25, 0.3) is 0 Å². The average Bonchev–Trinajstić information content (AvgIpc) is 2.99. The molecule has 0 bridgehead atoms. The van der Waals surface area contributed by atoms with Crippen LogP contribution in [0.3, 0.4) is 0 Å². The number of nitrogens with zero attached hydrogens (tertiary/aromatic N) is 2. The van der Waals surface area contributed by atoms with Crippen LogP contribution in [0.25, 0.3) is 10.9 Å². The number of rotatable bonds is 8. The SMILES string of the molecule is CCOC(=O)c1c(CSCc2ccc(F)cc2)n(C)c2cc(Br)c(O)c(CN(C)C)c12. The van der Waals surface area contributed by atoms with Crippen LogP contribution in [0.15, 0.2) is 34.8 Å². The minimum Gasteiger partial charge on any atom is -0.506 e. The van der Waals surface area contributed by atoms with Gasteiger partial charge in [0.2, 0.25) is 0 Å². The number of carbonyl (C=O) groups excluding carboxylic acids is 1. The van der Waals surface area contributed by atoms with Gasteiger partial charge in [-0.1, -0.05) is 12.1 Å². The van der Waals surface area contributed by atoms with Crippen LogP contribution in [0.4, 0.5) is 4.39 Å². The van der Waals surface area contributed by atoms with Gasteiger partial charge in [0.05, 0.1) is 22.2 Å². The molecule has 3 rings (SSSR count). The van der Waals surface area contributed by atoms with Crippen LogP contribution >= 0.6 is 27.7 Å². The van der Waals surface area contributed by atoms with E-state index in [4.69, 9.17) is 4.74 Å². The van der Waals surface area contributed by atoms with E-state index in [0.29, 0.717) is 39.0 Å². The van der Waals surface area contributed by atoms with Gasteiger partial charge in [-0.25, -0.2) is 9.18 Å². The third-order valence-electron chi connectivity index (χ3n) is 5.01. The molecule has 0 spiro atoms. The number of aromatic nitrogens is 1. The van der Waals surface area contributed by atoms with Crippen molar-refractivity contribution in [3.63, 3.8) is 0 Å². The zero-order chi connectivity index (χ0) is 22.7. The van der Waals surface area contributed by atoms with Gasteiger partial charge in [-0.2, -0.15) is 11.8 Å². The highest BCUT2D eigenvalue weighted by Crippen LogP contribution is 2.40. The van der Waals surface area contributed by atoms with E-state index in [0.717, 1.165) is 16.8 Å². The van der Waals surface area contributed by atoms with Gasteiger partial charge in [-0.3, -0.25) is 0 Å². The molecule has 0 atom stereocenters. The Labute approximate surface area is 194 Å². The third-order valence-corrected chi connectivity index (χ3v) is 6.63. The molecule has 31 heavy (non-hydrogen) atoms. The van der Waals surface area contributed by atoms with Crippen LogP contribution < -0.4 is 0 Å². The summed E-state index contributed by atoms with van der Waals surface area (Å²) in [6.45, 7) is 2.52. The Morgan fingerprint density at radius 1 is 1.26 bits per heavy atom. The summed E-state index contributed by atoms with van der Waals surface area (Å²) in [5.74, 6) is 0.723. The van der Waals surface area contributed by atoms with Gasteiger partial charge in [0, 0.05) is 41.7 Å². The van der Waals surface area contributed by atoms with E-state index >= 15 is 0 Å². The number of hydrogen-bond acceptors (Lipinski definition) is 5. The van der Waals surface area contributed by atoms with E-state index in [1.807, 2.05) is 36.7 Å². The van der Waals surface area contributed by atoms with E-state index in [1.54, 1.807) is 30.8 Å². The molecule has 0 unspecified atom stereocenters. The summed E-state index contributed by atoms with van der Waals surface area (Å²) in [7, 11) is 5.75. The minimum atomic E-state index is -0.396. The number of esters is 1. The lowest BCUT2D eigenvalue weighted by molar-refractivity contribution is 0.0527. The molecule has 0 aliphatic carbocycles. The highest BCUT2D eigenvalue weighted by atomic mass is 79.9. The first-order valence-corrected chi connectivity index (χ1v) is 11.8. The van der Waals surface area contributed by atoms with Crippen molar-refractivity contribution in [2.75, 3.05) is 20.7 Å². The van der Waals surface area contributed by atoms with Crippen molar-refractivity contribution in [3.8, 4) is 5.75 Å². The van der Waals surface area contributed by atoms with E-state index in [2.05, 4.69) is 15.9 Å². The molecule has 166 valence electrons. The smallest absolute Gasteiger partial charge is 0.340 e. The molecule has 8 heteroatoms. The summed E-state index contributed by atoms with van der Waals surface area (Å²) >= 11 is 5.08. The predicted molar refractivity (Wildman–Crippen MR) is 127 cm³/mol. The fourth-order valence-corrected chi connectivity index (χ4v) is 5.10. The summed E-state index contributed by atoms with van der Waals surface area (Å²) in [5, 5.41) is 11.5. The number of benzene rings is 2. The Morgan fingerprint density at radius 2 is 1.94 bits per heavy atom. The molecular weight excluding hydrogens is 483 g/mol. The number of carbonyl (C=O) groups is 1. The van der Waals surface area contributed by atoms with Crippen LogP contribution in [0, 0.1) is 5.82 Å². The molecule has 1 heterocycles. The van der Waals surface area contributed by atoms with E-state index in [-0.39, 0.29) is 18.2 Å². The monoisotopic (exact) mass is 508 g/mol. The number of ether oxygens (including phenoxy) is 1. The zero-order valence-electron chi connectivity index (χ0n) is 18.0. The first kappa shape index (κ1) is 23.6. The second kappa shape index (κ2) is 10.1. The van der Waals surface area contributed by atoms with Gasteiger partial charge < -0.3 is 19.3 Å². The maximum atomic E-state index is 13.2. The number of phenols is 1. The molecule has 5 nitrogen and oxygen atoms in total. The van der Waals surface area contributed by atoms with Gasteiger partial charge in [-0.05, 0) is 60.7 Å². The molecule has 3 aromatic rings. The number of aromatic hydroxyl groups is 1. The van der Waals surface area contributed by atoms with Crippen LogP contribution in [0.1, 0.15) is 34.1 Å². The fraction of sp³-hybridized carbons (Fsp3) is 0.348. The number of thioether (sulfide) groups is 1. The van der Waals surface area contributed by atoms with Crippen molar-refractivity contribution in [2.24, 2.45) is 7.05 Å². The van der Waals surface area contributed by atoms with Crippen molar-refractivity contribution in [2.45, 2.75) is 25.0 Å². The lowest BCUT2D eigenvalue weighted by Gasteiger charge is -2.15. The highest BCUT2D eigenvalue weighted by Gasteiger charge is 2.27. The molecule has 0 aliphatic rings. The quantitative estimate of drug-likeness (QED) is 0.409. The summed E-state index contributed by atoms with van der Waals surface area (Å²) in [5.41, 5.74) is 3.87. The third kappa shape index (κ3) is 5.07. The molecule has 0 aliphatic heterocycles. The normalized spacial score (nSPS) is 11.5. The first-order chi connectivity index (χ1) is 14.7. The van der Waals surface area contributed by atoms with Crippen molar-refractivity contribution >= 4 is 44.6 Å². The summed E-state index contributed by atoms with van der Waals surface area (Å²) in [6.07, 6.45) is 0. The number of hydrogen-bond donors (Lipinski definition) is 1. The minimum absolute atomic E-state index is 0.128. The number of halogens is 2. The molecule has 0 saturated carbocycles. The van der Waals surface area contributed by atoms with Crippen LogP contribution in [-0.4, -0.2) is 41.2 Å². The molecule has 0 fully saturated rings. The van der Waals surface area contributed by atoms with Crippen molar-refractivity contribution in [1.29, 1.82) is 0 Å². The Morgan fingerprint density at radius 3 is 2.55 bits per heavy atom. The van der Waals surface area contributed by atoms with Gasteiger partial charge in [0.15, 0.2) is 0 Å². The Bertz CT molecular complexity index is 1100. The molecule has 1 aromatic heterocycles. The molecular formula is C23H26BrFN2O3S. The summed E-state index contributed by atoms with van der Waals surface area (Å²) in [6, 6.07) is 8.26. The standard InChI is InChI=1S/C23H26BrFN2O3S/c1-5-30-23(29)21-19(13-31-12-14-6-8-15(25)9-7-14)27(4)18-10-17(24)22(28)16(20(18)21)11-26(2)3/h6-10,28H,5,11-13H2,1-4H3. The molecule has 1 N–H and O–H groups in total. The predicted octanol–water partition coefficient (Wildman–Crippen LogP) is 5.46. The van der Waals surface area contributed by atoms with Gasteiger partial charge in [-0.15, -0.1) is 0 Å². The highest BCUT2D eigenvalue weighted by molar-refractivity contribution is 9.10. The first-order valence-electron chi connectivity index (χ1n) is 9.90. The van der Waals surface area contributed by atoms with Crippen LogP contribution in [-0.2, 0) is 29.8 Å². The second-order valence-electron chi connectivity index (χ2n) is 7.54. The van der Waals surface area contributed by atoms with Crippen molar-refractivity contribution in [1.82, 2.24) is 9.47 Å².